The predicted octanol–water partition coefficient (Wildman–Crippen LogP) is 1.06. The average molecular weight is 246 g/mol. The van der Waals surface area contributed by atoms with Crippen molar-refractivity contribution in [3.8, 4) is 0 Å². The second kappa shape index (κ2) is 4.57. The highest BCUT2D eigenvalue weighted by Gasteiger charge is 2.21. The van der Waals surface area contributed by atoms with Crippen molar-refractivity contribution in [2.45, 2.75) is 32.4 Å². The average Bonchev–Trinajstić information content (AvgIpc) is 2.62. The van der Waals surface area contributed by atoms with Gasteiger partial charge in [-0.15, -0.1) is 0 Å². The zero-order valence-corrected chi connectivity index (χ0v) is 10.6. The molecule has 1 aromatic heterocycles. The van der Waals surface area contributed by atoms with Crippen LogP contribution in [0.3, 0.4) is 0 Å². The van der Waals surface area contributed by atoms with Crippen molar-refractivity contribution in [1.29, 1.82) is 0 Å². The van der Waals surface area contributed by atoms with Gasteiger partial charge in [-0.1, -0.05) is 20.8 Å². The molecule has 5 nitrogen and oxygen atoms in total. The molecule has 1 rings (SSSR count). The maximum Gasteiger partial charge on any atom is 0.273 e. The quantitative estimate of drug-likeness (QED) is 0.832. The number of sulfonamides is 1. The van der Waals surface area contributed by atoms with Crippen molar-refractivity contribution >= 4 is 10.0 Å². The molecule has 0 bridgehead atoms. The van der Waals surface area contributed by atoms with Crippen LogP contribution in [0.15, 0.2) is 21.6 Å². The van der Waals surface area contributed by atoms with Crippen LogP contribution < -0.4 is 10.5 Å². The van der Waals surface area contributed by atoms with Crippen LogP contribution in [0.25, 0.3) is 0 Å². The Hall–Kier alpha value is -0.850. The van der Waals surface area contributed by atoms with Crippen LogP contribution in [-0.4, -0.2) is 15.0 Å². The summed E-state index contributed by atoms with van der Waals surface area (Å²) in [5.41, 5.74) is 5.23. The van der Waals surface area contributed by atoms with Crippen LogP contribution in [0.1, 0.15) is 26.5 Å². The van der Waals surface area contributed by atoms with Crippen molar-refractivity contribution in [2.24, 2.45) is 11.1 Å². The molecule has 0 spiro atoms. The number of hydrogen-bond acceptors (Lipinski definition) is 4. The zero-order valence-electron chi connectivity index (χ0n) is 9.78. The fourth-order valence-corrected chi connectivity index (χ4v) is 2.22. The molecule has 0 saturated carbocycles. The maximum absolute atomic E-state index is 11.8. The third-order valence-corrected chi connectivity index (χ3v) is 3.17. The smallest absolute Gasteiger partial charge is 0.273 e. The minimum atomic E-state index is -3.55. The van der Waals surface area contributed by atoms with E-state index >= 15 is 0 Å². The molecule has 6 heteroatoms. The Kier molecular flexibility index (Phi) is 3.77. The van der Waals surface area contributed by atoms with E-state index in [1.165, 1.54) is 6.07 Å². The summed E-state index contributed by atoms with van der Waals surface area (Å²) in [5.74, 6) is 0.455. The van der Waals surface area contributed by atoms with Crippen LogP contribution >= 0.6 is 0 Å². The van der Waals surface area contributed by atoms with Gasteiger partial charge in [-0.2, -0.15) is 0 Å². The van der Waals surface area contributed by atoms with Gasteiger partial charge in [0.05, 0.1) is 6.54 Å². The van der Waals surface area contributed by atoms with Gasteiger partial charge in [-0.25, -0.2) is 13.1 Å². The summed E-state index contributed by atoms with van der Waals surface area (Å²) in [6.07, 6.45) is 0. The third kappa shape index (κ3) is 3.62. The van der Waals surface area contributed by atoms with Gasteiger partial charge in [0.25, 0.3) is 10.0 Å². The molecule has 1 heterocycles. The second-order valence-electron chi connectivity index (χ2n) is 4.81. The number of nitrogens with two attached hydrogens (primary N) is 1. The molecule has 0 amide bonds. The SMILES string of the molecule is CC(C)(C)CNS(=O)(=O)c1ccc(CN)o1. The van der Waals surface area contributed by atoms with Crippen molar-refractivity contribution in [3.05, 3.63) is 17.9 Å². The lowest BCUT2D eigenvalue weighted by Gasteiger charge is -2.17. The van der Waals surface area contributed by atoms with Crippen molar-refractivity contribution < 1.29 is 12.8 Å². The zero-order chi connectivity index (χ0) is 12.4. The third-order valence-electron chi connectivity index (χ3n) is 1.90. The summed E-state index contributed by atoms with van der Waals surface area (Å²) < 4.78 is 31.1. The molecule has 0 radical (unpaired) electrons. The minimum Gasteiger partial charge on any atom is -0.447 e. The molecule has 0 atom stereocenters. The van der Waals surface area contributed by atoms with E-state index in [1.807, 2.05) is 20.8 Å². The lowest BCUT2D eigenvalue weighted by atomic mass is 9.98. The lowest BCUT2D eigenvalue weighted by Crippen LogP contribution is -2.32. The largest absolute Gasteiger partial charge is 0.447 e. The van der Waals surface area contributed by atoms with E-state index in [-0.39, 0.29) is 17.1 Å². The van der Waals surface area contributed by atoms with Gasteiger partial charge in [0.2, 0.25) is 5.09 Å². The molecule has 0 aliphatic carbocycles. The Morgan fingerprint density at radius 3 is 2.44 bits per heavy atom. The highest BCUT2D eigenvalue weighted by Crippen LogP contribution is 2.16. The van der Waals surface area contributed by atoms with Crippen LogP contribution in [0.5, 0.6) is 0 Å². The molecular weight excluding hydrogens is 228 g/mol. The molecular formula is C10H18N2O3S. The van der Waals surface area contributed by atoms with E-state index in [2.05, 4.69) is 4.72 Å². The highest BCUT2D eigenvalue weighted by molar-refractivity contribution is 7.89. The summed E-state index contributed by atoms with van der Waals surface area (Å²) >= 11 is 0. The Bertz CT molecular complexity index is 443. The van der Waals surface area contributed by atoms with Crippen LogP contribution in [0.4, 0.5) is 0 Å². The summed E-state index contributed by atoms with van der Waals surface area (Å²) in [6, 6.07) is 2.97. The maximum atomic E-state index is 11.8. The minimum absolute atomic E-state index is 0.0859. The van der Waals surface area contributed by atoms with E-state index in [1.54, 1.807) is 6.07 Å². The van der Waals surface area contributed by atoms with Gasteiger partial charge < -0.3 is 10.2 Å². The van der Waals surface area contributed by atoms with Crippen molar-refractivity contribution in [3.63, 3.8) is 0 Å². The summed E-state index contributed by atoms with van der Waals surface area (Å²) in [5, 5.41) is -0.0859. The molecule has 0 unspecified atom stereocenters. The molecule has 92 valence electrons. The highest BCUT2D eigenvalue weighted by atomic mass is 32.2. The standard InChI is InChI=1S/C10H18N2O3S/c1-10(2,3)7-12-16(13,14)9-5-4-8(6-11)15-9/h4-5,12H,6-7,11H2,1-3H3. The molecule has 0 fully saturated rings. The molecule has 3 N–H and O–H groups in total. The van der Waals surface area contributed by atoms with Crippen LogP contribution in [0, 0.1) is 5.41 Å². The Morgan fingerprint density at radius 1 is 1.38 bits per heavy atom. The molecule has 0 aliphatic rings. The monoisotopic (exact) mass is 246 g/mol. The van der Waals surface area contributed by atoms with Gasteiger partial charge >= 0.3 is 0 Å². The number of nitrogens with one attached hydrogen (secondary N) is 1. The van der Waals surface area contributed by atoms with Crippen LogP contribution in [0.2, 0.25) is 0 Å². The fraction of sp³-hybridized carbons (Fsp3) is 0.600. The van der Waals surface area contributed by atoms with Gasteiger partial charge in [0, 0.05) is 6.54 Å². The van der Waals surface area contributed by atoms with E-state index in [4.69, 9.17) is 10.2 Å². The number of furan rings is 1. The lowest BCUT2D eigenvalue weighted by molar-refractivity contribution is 0.390. The molecule has 16 heavy (non-hydrogen) atoms. The fourth-order valence-electron chi connectivity index (χ4n) is 0.995. The first kappa shape index (κ1) is 13.2. The van der Waals surface area contributed by atoms with Crippen molar-refractivity contribution in [1.82, 2.24) is 4.72 Å². The van der Waals surface area contributed by atoms with E-state index < -0.39 is 10.0 Å². The normalized spacial score (nSPS) is 13.0. The van der Waals surface area contributed by atoms with Crippen LogP contribution in [-0.2, 0) is 16.6 Å². The number of hydrogen-bond donors (Lipinski definition) is 2. The first-order valence-corrected chi connectivity index (χ1v) is 6.51. The van der Waals surface area contributed by atoms with Gasteiger partial charge in [0.1, 0.15) is 5.76 Å². The Balaban J connectivity index is 2.78. The molecule has 1 aromatic rings. The van der Waals surface area contributed by atoms with Gasteiger partial charge in [-0.05, 0) is 17.5 Å². The van der Waals surface area contributed by atoms with Crippen molar-refractivity contribution in [2.75, 3.05) is 6.54 Å². The van der Waals surface area contributed by atoms with Gasteiger partial charge in [-0.3, -0.25) is 0 Å². The molecule has 0 aliphatic heterocycles. The summed E-state index contributed by atoms with van der Waals surface area (Å²) in [7, 11) is -3.55. The van der Waals surface area contributed by atoms with Gasteiger partial charge in [0.15, 0.2) is 0 Å². The number of rotatable bonds is 4. The topological polar surface area (TPSA) is 85.3 Å². The Morgan fingerprint density at radius 2 is 2.00 bits per heavy atom. The summed E-state index contributed by atoms with van der Waals surface area (Å²) in [6.45, 7) is 6.39. The van der Waals surface area contributed by atoms with E-state index in [0.717, 1.165) is 0 Å². The van der Waals surface area contributed by atoms with E-state index in [9.17, 15) is 8.42 Å². The predicted molar refractivity (Wildman–Crippen MR) is 61.2 cm³/mol. The molecule has 0 saturated heterocycles. The summed E-state index contributed by atoms with van der Waals surface area (Å²) in [4.78, 5) is 0. The van der Waals surface area contributed by atoms with E-state index in [0.29, 0.717) is 12.3 Å². The second-order valence-corrected chi connectivity index (χ2v) is 6.51. The first-order valence-electron chi connectivity index (χ1n) is 5.03. The Labute approximate surface area is 96.1 Å². The molecule has 0 aromatic carbocycles. The first-order chi connectivity index (χ1) is 7.24.